The molecule has 0 bridgehead atoms. The maximum absolute atomic E-state index is 12.4. The number of aromatic amines is 1. The molecule has 0 saturated carbocycles. The van der Waals surface area contributed by atoms with Crippen molar-refractivity contribution in [2.24, 2.45) is 5.92 Å². The number of hydrogen-bond acceptors (Lipinski definition) is 3. The summed E-state index contributed by atoms with van der Waals surface area (Å²) in [5, 5.41) is 10.3. The van der Waals surface area contributed by atoms with E-state index in [0.29, 0.717) is 12.2 Å². The van der Waals surface area contributed by atoms with Crippen LogP contribution in [0.15, 0.2) is 24.3 Å². The molecule has 1 unspecified atom stereocenters. The van der Waals surface area contributed by atoms with E-state index >= 15 is 0 Å². The lowest BCUT2D eigenvalue weighted by Crippen LogP contribution is -2.37. The van der Waals surface area contributed by atoms with E-state index < -0.39 is 0 Å². The summed E-state index contributed by atoms with van der Waals surface area (Å²) in [4.78, 5) is 25.4. The molecule has 6 nitrogen and oxygen atoms in total. The van der Waals surface area contributed by atoms with Gasteiger partial charge in [-0.1, -0.05) is 25.1 Å². The van der Waals surface area contributed by atoms with Gasteiger partial charge in [0.15, 0.2) is 5.69 Å². The average molecular weight is 274 g/mol. The zero-order chi connectivity index (χ0) is 14.7. The second kappa shape index (κ2) is 5.73. The van der Waals surface area contributed by atoms with Crippen molar-refractivity contribution in [3.8, 4) is 0 Å². The Morgan fingerprint density at radius 3 is 2.80 bits per heavy atom. The number of fused-ring (bicyclic) bond motifs is 1. The summed E-state index contributed by atoms with van der Waals surface area (Å²) in [5.41, 5.74) is 1.20. The molecule has 0 aliphatic carbocycles. The second-order valence-corrected chi connectivity index (χ2v) is 4.82. The predicted molar refractivity (Wildman–Crippen MR) is 76.3 cm³/mol. The molecule has 1 aromatic carbocycles. The Labute approximate surface area is 117 Å². The summed E-state index contributed by atoms with van der Waals surface area (Å²) in [6.45, 7) is 2.13. The van der Waals surface area contributed by atoms with Gasteiger partial charge in [-0.2, -0.15) is 5.10 Å². The van der Waals surface area contributed by atoms with Gasteiger partial charge in [-0.05, 0) is 6.07 Å². The molecule has 0 radical (unpaired) electrons. The lowest BCUT2D eigenvalue weighted by molar-refractivity contribution is -0.124. The van der Waals surface area contributed by atoms with Crippen molar-refractivity contribution in [2.45, 2.75) is 6.92 Å². The molecule has 2 N–H and O–H groups in total. The van der Waals surface area contributed by atoms with Crippen molar-refractivity contribution in [3.05, 3.63) is 30.0 Å². The summed E-state index contributed by atoms with van der Waals surface area (Å²) in [7, 11) is 3.26. The van der Waals surface area contributed by atoms with Crippen molar-refractivity contribution in [1.29, 1.82) is 0 Å². The predicted octanol–water partition coefficient (Wildman–Crippen LogP) is 1.02. The monoisotopic (exact) mass is 274 g/mol. The summed E-state index contributed by atoms with van der Waals surface area (Å²) in [6.07, 6.45) is 0. The third-order valence-electron chi connectivity index (χ3n) is 3.26. The highest BCUT2D eigenvalue weighted by molar-refractivity contribution is 6.04. The molecule has 1 aromatic heterocycles. The van der Waals surface area contributed by atoms with Gasteiger partial charge in [-0.3, -0.25) is 14.7 Å². The number of carbonyl (C=O) groups excluding carboxylic acids is 2. The molecule has 2 rings (SSSR count). The van der Waals surface area contributed by atoms with E-state index in [1.165, 1.54) is 4.90 Å². The zero-order valence-electron chi connectivity index (χ0n) is 11.8. The Bertz CT molecular complexity index is 635. The Hall–Kier alpha value is -2.37. The number of nitrogens with one attached hydrogen (secondary N) is 2. The minimum Gasteiger partial charge on any atom is -0.359 e. The van der Waals surface area contributed by atoms with Gasteiger partial charge in [0.1, 0.15) is 0 Å². The van der Waals surface area contributed by atoms with Gasteiger partial charge in [0.05, 0.1) is 11.4 Å². The second-order valence-electron chi connectivity index (χ2n) is 4.82. The zero-order valence-corrected chi connectivity index (χ0v) is 11.8. The number of amides is 2. The van der Waals surface area contributed by atoms with Crippen LogP contribution in [-0.4, -0.2) is 47.6 Å². The van der Waals surface area contributed by atoms with Crippen LogP contribution in [0, 0.1) is 5.92 Å². The molecule has 0 spiro atoms. The van der Waals surface area contributed by atoms with Crippen LogP contribution in [0.4, 0.5) is 0 Å². The quantitative estimate of drug-likeness (QED) is 0.873. The Balaban J connectivity index is 2.16. The molecule has 2 aromatic rings. The van der Waals surface area contributed by atoms with E-state index in [0.717, 1.165) is 10.9 Å². The van der Waals surface area contributed by atoms with Crippen molar-refractivity contribution in [3.63, 3.8) is 0 Å². The van der Waals surface area contributed by atoms with E-state index in [2.05, 4.69) is 15.5 Å². The third kappa shape index (κ3) is 2.64. The number of para-hydroxylation sites is 1. The van der Waals surface area contributed by atoms with Crippen molar-refractivity contribution in [2.75, 3.05) is 20.6 Å². The van der Waals surface area contributed by atoms with Crippen molar-refractivity contribution in [1.82, 2.24) is 20.4 Å². The highest BCUT2D eigenvalue weighted by atomic mass is 16.2. The van der Waals surface area contributed by atoms with Crippen molar-refractivity contribution < 1.29 is 9.59 Å². The highest BCUT2D eigenvalue weighted by Crippen LogP contribution is 2.16. The van der Waals surface area contributed by atoms with Crippen LogP contribution in [0.25, 0.3) is 10.9 Å². The molecule has 0 fully saturated rings. The number of benzene rings is 1. The summed E-state index contributed by atoms with van der Waals surface area (Å²) in [6, 6.07) is 7.46. The van der Waals surface area contributed by atoms with E-state index in [4.69, 9.17) is 0 Å². The first-order chi connectivity index (χ1) is 9.54. The van der Waals surface area contributed by atoms with Crippen LogP contribution in [0.1, 0.15) is 17.4 Å². The first-order valence-corrected chi connectivity index (χ1v) is 6.44. The SMILES string of the molecule is CNC(=O)C(C)CN(C)C(=O)c1n[nH]c2ccccc12. The van der Waals surface area contributed by atoms with Gasteiger partial charge in [0, 0.05) is 26.0 Å². The van der Waals surface area contributed by atoms with E-state index in [-0.39, 0.29) is 17.7 Å². The van der Waals surface area contributed by atoms with Gasteiger partial charge in [-0.15, -0.1) is 0 Å². The van der Waals surface area contributed by atoms with Gasteiger partial charge < -0.3 is 10.2 Å². The van der Waals surface area contributed by atoms with Crippen molar-refractivity contribution >= 4 is 22.7 Å². The fourth-order valence-electron chi connectivity index (χ4n) is 2.13. The maximum atomic E-state index is 12.4. The van der Waals surface area contributed by atoms with Gasteiger partial charge in [-0.25, -0.2) is 0 Å². The van der Waals surface area contributed by atoms with E-state index in [9.17, 15) is 9.59 Å². The normalized spacial score (nSPS) is 12.2. The summed E-state index contributed by atoms with van der Waals surface area (Å²) < 4.78 is 0. The largest absolute Gasteiger partial charge is 0.359 e. The van der Waals surface area contributed by atoms with Crippen LogP contribution in [0.2, 0.25) is 0 Å². The minimum absolute atomic E-state index is 0.0865. The van der Waals surface area contributed by atoms with Crippen LogP contribution < -0.4 is 5.32 Å². The lowest BCUT2D eigenvalue weighted by Gasteiger charge is -2.19. The third-order valence-corrected chi connectivity index (χ3v) is 3.26. The number of aromatic nitrogens is 2. The van der Waals surface area contributed by atoms with Gasteiger partial charge in [0.2, 0.25) is 5.91 Å². The maximum Gasteiger partial charge on any atom is 0.274 e. The number of H-pyrrole nitrogens is 1. The molecule has 20 heavy (non-hydrogen) atoms. The first kappa shape index (κ1) is 14.0. The summed E-state index contributed by atoms with van der Waals surface area (Å²) in [5.74, 6) is -0.547. The molecule has 0 aliphatic heterocycles. The van der Waals surface area contributed by atoms with Gasteiger partial charge >= 0.3 is 0 Å². The van der Waals surface area contributed by atoms with Crippen LogP contribution >= 0.6 is 0 Å². The molecule has 0 aliphatic rings. The fourth-order valence-corrected chi connectivity index (χ4v) is 2.13. The van der Waals surface area contributed by atoms with Crippen LogP contribution in [-0.2, 0) is 4.79 Å². The Kier molecular flexibility index (Phi) is 4.02. The standard InChI is InChI=1S/C14H18N4O2/c1-9(13(19)15-2)8-18(3)14(20)12-10-6-4-5-7-11(10)16-17-12/h4-7,9H,8H2,1-3H3,(H,15,19)(H,16,17). The number of hydrogen-bond donors (Lipinski definition) is 2. The average Bonchev–Trinajstić information content (AvgIpc) is 2.89. The van der Waals surface area contributed by atoms with E-state index in [1.807, 2.05) is 24.3 Å². The number of carbonyl (C=O) groups is 2. The number of nitrogens with zero attached hydrogens (tertiary/aromatic N) is 2. The highest BCUT2D eigenvalue weighted by Gasteiger charge is 2.21. The molecule has 1 heterocycles. The molecular weight excluding hydrogens is 256 g/mol. The Morgan fingerprint density at radius 1 is 1.40 bits per heavy atom. The minimum atomic E-state index is -0.265. The molecule has 1 atom stereocenters. The van der Waals surface area contributed by atoms with Crippen LogP contribution in [0.3, 0.4) is 0 Å². The molecular formula is C14H18N4O2. The lowest BCUT2D eigenvalue weighted by atomic mass is 10.1. The van der Waals surface area contributed by atoms with Crippen LogP contribution in [0.5, 0.6) is 0 Å². The molecule has 106 valence electrons. The number of rotatable bonds is 4. The summed E-state index contributed by atoms with van der Waals surface area (Å²) >= 11 is 0. The molecule has 6 heteroatoms. The molecule has 2 amide bonds. The van der Waals surface area contributed by atoms with E-state index in [1.54, 1.807) is 21.0 Å². The van der Waals surface area contributed by atoms with Gasteiger partial charge in [0.25, 0.3) is 5.91 Å². The first-order valence-electron chi connectivity index (χ1n) is 6.44. The fraction of sp³-hybridized carbons (Fsp3) is 0.357. The Morgan fingerprint density at radius 2 is 2.10 bits per heavy atom. The molecule has 0 saturated heterocycles. The topological polar surface area (TPSA) is 78.1 Å². The smallest absolute Gasteiger partial charge is 0.274 e.